The maximum atomic E-state index is 13.6. The molecule has 0 radical (unpaired) electrons. The number of nitrogens with zero attached hydrogens (tertiary/aromatic N) is 3. The first kappa shape index (κ1) is 39.0. The summed E-state index contributed by atoms with van der Waals surface area (Å²) < 4.78 is 22.9. The lowest BCUT2D eigenvalue weighted by atomic mass is 10.1. The average molecular weight is 714 g/mol. The van der Waals surface area contributed by atoms with Gasteiger partial charge < -0.3 is 34.5 Å². The zero-order valence-corrected chi connectivity index (χ0v) is 30.8. The first-order chi connectivity index (χ1) is 24.5. The van der Waals surface area contributed by atoms with Gasteiger partial charge >= 0.3 is 18.2 Å². The fraction of sp³-hybridized carbons (Fsp3) is 0.410. The molecule has 1 fully saturated rings. The van der Waals surface area contributed by atoms with Gasteiger partial charge in [-0.05, 0) is 83.5 Å². The molecule has 2 N–H and O–H groups in total. The molecule has 4 rings (SSSR count). The summed E-state index contributed by atoms with van der Waals surface area (Å²) in [6.45, 7) is 11.1. The van der Waals surface area contributed by atoms with E-state index in [-0.39, 0.29) is 41.3 Å². The highest BCUT2D eigenvalue weighted by Gasteiger charge is 2.29. The smallest absolute Gasteiger partial charge is 0.415 e. The third-order valence-electron chi connectivity index (χ3n) is 7.69. The van der Waals surface area contributed by atoms with Gasteiger partial charge in [0.05, 0.1) is 23.0 Å². The van der Waals surface area contributed by atoms with Gasteiger partial charge in [0.2, 0.25) is 5.91 Å². The molecule has 0 spiro atoms. The maximum absolute atomic E-state index is 13.6. The Hall–Kier alpha value is -5.77. The number of carbonyl (C=O) groups excluding carboxylic acids is 4. The van der Waals surface area contributed by atoms with Crippen LogP contribution < -0.4 is 20.3 Å². The van der Waals surface area contributed by atoms with Crippen LogP contribution >= 0.6 is 0 Å². The summed E-state index contributed by atoms with van der Waals surface area (Å²) in [4.78, 5) is 55.7. The number of rotatable bonds is 10. The zero-order valence-electron chi connectivity index (χ0n) is 30.8. The van der Waals surface area contributed by atoms with E-state index >= 15 is 0 Å². The van der Waals surface area contributed by atoms with Crippen molar-refractivity contribution in [3.63, 3.8) is 0 Å². The Morgan fingerprint density at radius 2 is 1.50 bits per heavy atom. The summed E-state index contributed by atoms with van der Waals surface area (Å²) in [6.07, 6.45) is -0.0246. The van der Waals surface area contributed by atoms with Gasteiger partial charge in [-0.1, -0.05) is 30.3 Å². The highest BCUT2D eigenvalue weighted by Crippen LogP contribution is 2.30. The second kappa shape index (κ2) is 17.0. The topological polar surface area (TPSA) is 160 Å². The molecule has 3 aromatic rings. The molecule has 1 heterocycles. The van der Waals surface area contributed by atoms with Crippen molar-refractivity contribution in [1.82, 2.24) is 4.90 Å². The number of benzene rings is 3. The summed E-state index contributed by atoms with van der Waals surface area (Å²) in [7, 11) is 1.58. The number of likely N-dealkylation sites (tertiary alicyclic amines) is 1. The van der Waals surface area contributed by atoms with Crippen LogP contribution in [0.25, 0.3) is 0 Å². The van der Waals surface area contributed by atoms with Crippen LogP contribution in [0, 0.1) is 11.3 Å². The number of hydrogen-bond donors (Lipinski definition) is 2. The van der Waals surface area contributed by atoms with E-state index in [2.05, 4.69) is 10.6 Å². The Morgan fingerprint density at radius 3 is 2.08 bits per heavy atom. The molecular weight excluding hydrogens is 666 g/mol. The molecule has 52 heavy (non-hydrogen) atoms. The van der Waals surface area contributed by atoms with E-state index in [1.165, 1.54) is 17.0 Å². The zero-order chi connectivity index (χ0) is 38.1. The van der Waals surface area contributed by atoms with Crippen molar-refractivity contribution in [3.05, 3.63) is 83.4 Å². The number of nitriles is 1. The van der Waals surface area contributed by atoms with Crippen LogP contribution in [0.3, 0.4) is 0 Å². The van der Waals surface area contributed by atoms with Gasteiger partial charge in [0, 0.05) is 38.7 Å². The van der Waals surface area contributed by atoms with Crippen molar-refractivity contribution in [2.24, 2.45) is 0 Å². The van der Waals surface area contributed by atoms with Crippen molar-refractivity contribution >= 4 is 41.1 Å². The average Bonchev–Trinajstić information content (AvgIpc) is 3.08. The molecule has 1 aliphatic heterocycles. The van der Waals surface area contributed by atoms with Gasteiger partial charge in [-0.3, -0.25) is 9.69 Å². The molecule has 0 atom stereocenters. The quantitative estimate of drug-likeness (QED) is 0.164. The number of amides is 3. The molecule has 0 aromatic heterocycles. The van der Waals surface area contributed by atoms with Crippen molar-refractivity contribution in [1.29, 1.82) is 5.26 Å². The van der Waals surface area contributed by atoms with Gasteiger partial charge in [0.25, 0.3) is 0 Å². The van der Waals surface area contributed by atoms with Crippen LogP contribution in [0.1, 0.15) is 75.9 Å². The Kier molecular flexibility index (Phi) is 12.7. The fourth-order valence-corrected chi connectivity index (χ4v) is 5.32. The minimum absolute atomic E-state index is 0.0283. The van der Waals surface area contributed by atoms with E-state index in [0.717, 1.165) is 5.56 Å². The Morgan fingerprint density at radius 1 is 0.885 bits per heavy atom. The van der Waals surface area contributed by atoms with Crippen LogP contribution in [-0.2, 0) is 25.6 Å². The van der Waals surface area contributed by atoms with Gasteiger partial charge in [0.15, 0.2) is 0 Å². The van der Waals surface area contributed by atoms with Crippen LogP contribution in [0.5, 0.6) is 5.75 Å². The van der Waals surface area contributed by atoms with Crippen LogP contribution in [0.15, 0.2) is 66.7 Å². The molecule has 0 saturated carbocycles. The standard InChI is InChI=1S/C39H47N5O8/c1-38(2,3)51-35(46)34-31(41-7)21-27(23-40)22-32(34)42-33(45)24-44(37(48)49-25-26-11-9-8-10-12-26)28-13-15-29(16-14-28)50-30-17-19-43(20-18-30)36(47)52-39(4,5)6/h8-16,21-22,30,41H,17-20,24-25H2,1-7H3,(H,42,45). The predicted molar refractivity (Wildman–Crippen MR) is 196 cm³/mol. The largest absolute Gasteiger partial charge is 0.490 e. The monoisotopic (exact) mass is 713 g/mol. The minimum atomic E-state index is -0.829. The second-order valence-corrected chi connectivity index (χ2v) is 14.3. The summed E-state index contributed by atoms with van der Waals surface area (Å²) >= 11 is 0. The van der Waals surface area contributed by atoms with Crippen LogP contribution in [-0.4, -0.2) is 73.0 Å². The first-order valence-electron chi connectivity index (χ1n) is 17.1. The highest BCUT2D eigenvalue weighted by molar-refractivity contribution is 6.08. The second-order valence-electron chi connectivity index (χ2n) is 14.3. The maximum Gasteiger partial charge on any atom is 0.415 e. The molecule has 0 unspecified atom stereocenters. The number of nitrogens with one attached hydrogen (secondary N) is 2. The van der Waals surface area contributed by atoms with Crippen LogP contribution in [0.2, 0.25) is 0 Å². The minimum Gasteiger partial charge on any atom is -0.490 e. The van der Waals surface area contributed by atoms with E-state index in [0.29, 0.717) is 37.4 Å². The third-order valence-corrected chi connectivity index (χ3v) is 7.69. The molecule has 3 aromatic carbocycles. The summed E-state index contributed by atoms with van der Waals surface area (Å²) in [5, 5.41) is 15.2. The van der Waals surface area contributed by atoms with E-state index in [1.807, 2.05) is 57.2 Å². The molecular formula is C39H47N5O8. The first-order valence-corrected chi connectivity index (χ1v) is 17.1. The number of esters is 1. The SMILES string of the molecule is CNc1cc(C#N)cc(NC(=O)CN(C(=O)OCc2ccccc2)c2ccc(OC3CCN(C(=O)OC(C)(C)C)CC3)cc2)c1C(=O)OC(C)(C)C. The molecule has 13 nitrogen and oxygen atoms in total. The molecule has 13 heteroatoms. The molecule has 1 aliphatic rings. The Bertz CT molecular complexity index is 1770. The van der Waals surface area contributed by atoms with Crippen molar-refractivity contribution in [2.45, 2.75) is 78.3 Å². The fourth-order valence-electron chi connectivity index (χ4n) is 5.32. The van der Waals surface area contributed by atoms with E-state index < -0.39 is 35.7 Å². The van der Waals surface area contributed by atoms with E-state index in [4.69, 9.17) is 18.9 Å². The van der Waals surface area contributed by atoms with Crippen molar-refractivity contribution in [2.75, 3.05) is 42.2 Å². The lowest BCUT2D eigenvalue weighted by Gasteiger charge is -2.33. The van der Waals surface area contributed by atoms with E-state index in [1.54, 1.807) is 57.0 Å². The molecule has 0 aliphatic carbocycles. The number of anilines is 3. The highest BCUT2D eigenvalue weighted by atomic mass is 16.6. The molecule has 3 amide bonds. The lowest BCUT2D eigenvalue weighted by molar-refractivity contribution is -0.115. The Balaban J connectivity index is 1.52. The number of carbonyl (C=O) groups is 4. The van der Waals surface area contributed by atoms with E-state index in [9.17, 15) is 24.4 Å². The molecule has 276 valence electrons. The summed E-state index contributed by atoms with van der Waals surface area (Å²) in [6, 6.07) is 20.7. The van der Waals surface area contributed by atoms with Gasteiger partial charge in [0.1, 0.15) is 41.8 Å². The van der Waals surface area contributed by atoms with Crippen molar-refractivity contribution in [3.8, 4) is 11.8 Å². The normalized spacial score (nSPS) is 13.3. The number of ether oxygens (including phenoxy) is 4. The number of hydrogen-bond acceptors (Lipinski definition) is 10. The summed E-state index contributed by atoms with van der Waals surface area (Å²) in [5.41, 5.74) is 0.264. The van der Waals surface area contributed by atoms with Crippen LogP contribution in [0.4, 0.5) is 26.7 Å². The van der Waals surface area contributed by atoms with Crippen molar-refractivity contribution < 1.29 is 38.1 Å². The Labute approximate surface area is 304 Å². The van der Waals surface area contributed by atoms with Gasteiger partial charge in [-0.25, -0.2) is 14.4 Å². The predicted octanol–water partition coefficient (Wildman–Crippen LogP) is 7.12. The van der Waals surface area contributed by atoms with Gasteiger partial charge in [-0.2, -0.15) is 5.26 Å². The molecule has 0 bridgehead atoms. The van der Waals surface area contributed by atoms with Gasteiger partial charge in [-0.15, -0.1) is 0 Å². The third kappa shape index (κ3) is 11.4. The molecule has 1 saturated heterocycles. The summed E-state index contributed by atoms with van der Waals surface area (Å²) in [5.74, 6) is -0.811. The lowest BCUT2D eigenvalue weighted by Crippen LogP contribution is -2.44. The number of piperidine rings is 1.